The highest BCUT2D eigenvalue weighted by Crippen LogP contribution is 2.28. The molecule has 0 aliphatic heterocycles. The number of aromatic nitrogens is 1. The standard InChI is InChI=1S/C28H21ClN2O3/c1-17-4-3-5-20(14-17)28-31-24-16-21(8-11-26(24)34-28)30-27(32)13-10-22-9-12-25(33-22)19-7-6-18(2)23(29)15-19/h3-16H,1-2H3,(H,30,32)/b13-10+. The molecular formula is C28H21ClN2O3. The van der Waals surface area contributed by atoms with E-state index in [0.29, 0.717) is 39.2 Å². The molecule has 0 aliphatic rings. The largest absolute Gasteiger partial charge is 0.457 e. The lowest BCUT2D eigenvalue weighted by atomic mass is 10.1. The van der Waals surface area contributed by atoms with E-state index in [2.05, 4.69) is 10.3 Å². The summed E-state index contributed by atoms with van der Waals surface area (Å²) in [5, 5.41) is 3.53. The predicted molar refractivity (Wildman–Crippen MR) is 136 cm³/mol. The quantitative estimate of drug-likeness (QED) is 0.268. The van der Waals surface area contributed by atoms with Crippen LogP contribution in [0.2, 0.25) is 5.02 Å². The van der Waals surface area contributed by atoms with Crippen LogP contribution in [-0.2, 0) is 4.79 Å². The number of benzene rings is 3. The van der Waals surface area contributed by atoms with Crippen molar-refractivity contribution in [2.75, 3.05) is 5.32 Å². The van der Waals surface area contributed by atoms with Crippen LogP contribution < -0.4 is 5.32 Å². The van der Waals surface area contributed by atoms with E-state index in [1.54, 1.807) is 30.3 Å². The third kappa shape index (κ3) is 4.65. The molecule has 168 valence electrons. The maximum Gasteiger partial charge on any atom is 0.248 e. The van der Waals surface area contributed by atoms with Crippen LogP contribution in [0.5, 0.6) is 0 Å². The molecule has 5 rings (SSSR count). The number of carbonyl (C=O) groups is 1. The summed E-state index contributed by atoms with van der Waals surface area (Å²) in [6.07, 6.45) is 3.05. The van der Waals surface area contributed by atoms with Gasteiger partial charge in [-0.2, -0.15) is 0 Å². The van der Waals surface area contributed by atoms with Crippen LogP contribution in [0, 0.1) is 13.8 Å². The number of halogens is 1. The summed E-state index contributed by atoms with van der Waals surface area (Å²) in [6.45, 7) is 3.97. The molecule has 6 heteroatoms. The highest BCUT2D eigenvalue weighted by Gasteiger charge is 2.10. The van der Waals surface area contributed by atoms with E-state index >= 15 is 0 Å². The molecule has 0 aliphatic carbocycles. The zero-order valence-corrected chi connectivity index (χ0v) is 19.4. The Balaban J connectivity index is 1.28. The monoisotopic (exact) mass is 468 g/mol. The van der Waals surface area contributed by atoms with Crippen molar-refractivity contribution in [1.29, 1.82) is 0 Å². The van der Waals surface area contributed by atoms with Crippen LogP contribution in [-0.4, -0.2) is 10.9 Å². The van der Waals surface area contributed by atoms with Crippen molar-refractivity contribution in [3.8, 4) is 22.8 Å². The van der Waals surface area contributed by atoms with Crippen LogP contribution in [0.15, 0.2) is 87.7 Å². The van der Waals surface area contributed by atoms with Crippen molar-refractivity contribution in [2.24, 2.45) is 0 Å². The van der Waals surface area contributed by atoms with Gasteiger partial charge in [0.25, 0.3) is 0 Å². The van der Waals surface area contributed by atoms with Gasteiger partial charge in [0.2, 0.25) is 11.8 Å². The number of nitrogens with zero attached hydrogens (tertiary/aromatic N) is 1. The van der Waals surface area contributed by atoms with Crippen LogP contribution in [0.25, 0.3) is 40.0 Å². The molecule has 0 atom stereocenters. The molecule has 2 heterocycles. The van der Waals surface area contributed by atoms with E-state index in [-0.39, 0.29) is 5.91 Å². The van der Waals surface area contributed by atoms with Gasteiger partial charge in [0.15, 0.2) is 5.58 Å². The minimum atomic E-state index is -0.280. The highest BCUT2D eigenvalue weighted by molar-refractivity contribution is 6.31. The summed E-state index contributed by atoms with van der Waals surface area (Å²) < 4.78 is 11.7. The Morgan fingerprint density at radius 1 is 0.941 bits per heavy atom. The smallest absolute Gasteiger partial charge is 0.248 e. The fourth-order valence-corrected chi connectivity index (χ4v) is 3.77. The normalized spacial score (nSPS) is 11.4. The molecule has 34 heavy (non-hydrogen) atoms. The second-order valence-corrected chi connectivity index (χ2v) is 8.47. The second-order valence-electron chi connectivity index (χ2n) is 8.06. The maximum atomic E-state index is 12.4. The van der Waals surface area contributed by atoms with E-state index in [0.717, 1.165) is 22.3 Å². The van der Waals surface area contributed by atoms with Crippen LogP contribution in [0.4, 0.5) is 5.69 Å². The molecule has 1 amide bonds. The molecule has 0 bridgehead atoms. The number of furan rings is 1. The van der Waals surface area contributed by atoms with Crippen molar-refractivity contribution in [2.45, 2.75) is 13.8 Å². The first-order valence-corrected chi connectivity index (χ1v) is 11.2. The molecule has 3 aromatic carbocycles. The van der Waals surface area contributed by atoms with Crippen LogP contribution in [0.3, 0.4) is 0 Å². The lowest BCUT2D eigenvalue weighted by Crippen LogP contribution is -2.07. The SMILES string of the molecule is Cc1cccc(-c2nc3cc(NC(=O)/C=C/c4ccc(-c5ccc(C)c(Cl)c5)o4)ccc3o2)c1. The van der Waals surface area contributed by atoms with Gasteiger partial charge in [0.05, 0.1) is 0 Å². The number of carbonyl (C=O) groups excluding carboxylic acids is 1. The molecule has 0 radical (unpaired) electrons. The Morgan fingerprint density at radius 3 is 2.65 bits per heavy atom. The average molecular weight is 469 g/mol. The van der Waals surface area contributed by atoms with Crippen molar-refractivity contribution in [3.63, 3.8) is 0 Å². The molecule has 0 saturated heterocycles. The number of fused-ring (bicyclic) bond motifs is 1. The minimum Gasteiger partial charge on any atom is -0.457 e. The first-order valence-electron chi connectivity index (χ1n) is 10.8. The van der Waals surface area contributed by atoms with E-state index in [4.69, 9.17) is 20.4 Å². The summed E-state index contributed by atoms with van der Waals surface area (Å²) in [7, 11) is 0. The first-order chi connectivity index (χ1) is 16.4. The molecule has 0 unspecified atom stereocenters. The fourth-order valence-electron chi connectivity index (χ4n) is 3.59. The Bertz CT molecular complexity index is 1540. The topological polar surface area (TPSA) is 68.3 Å². The number of aryl methyl sites for hydroxylation is 2. The second kappa shape index (κ2) is 9.04. The minimum absolute atomic E-state index is 0.280. The maximum absolute atomic E-state index is 12.4. The number of amides is 1. The average Bonchev–Trinajstić information content (AvgIpc) is 3.46. The summed E-state index contributed by atoms with van der Waals surface area (Å²) in [6, 6.07) is 22.7. The number of anilines is 1. The molecule has 0 fully saturated rings. The summed E-state index contributed by atoms with van der Waals surface area (Å²) in [5.74, 6) is 1.52. The summed E-state index contributed by atoms with van der Waals surface area (Å²) in [4.78, 5) is 17.0. The molecule has 0 saturated carbocycles. The molecule has 5 aromatic rings. The third-order valence-electron chi connectivity index (χ3n) is 5.40. The number of hydrogen-bond donors (Lipinski definition) is 1. The van der Waals surface area contributed by atoms with Gasteiger partial charge in [0.1, 0.15) is 17.0 Å². The Morgan fingerprint density at radius 2 is 1.82 bits per heavy atom. The van der Waals surface area contributed by atoms with E-state index in [9.17, 15) is 4.79 Å². The van der Waals surface area contributed by atoms with Crippen LogP contribution in [0.1, 0.15) is 16.9 Å². The Labute approximate surface area is 201 Å². The lowest BCUT2D eigenvalue weighted by Gasteiger charge is -2.01. The van der Waals surface area contributed by atoms with E-state index in [1.165, 1.54) is 6.08 Å². The van der Waals surface area contributed by atoms with Gasteiger partial charge in [-0.25, -0.2) is 4.98 Å². The summed E-state index contributed by atoms with van der Waals surface area (Å²) in [5.41, 5.74) is 5.88. The van der Waals surface area contributed by atoms with Gasteiger partial charge in [-0.15, -0.1) is 0 Å². The third-order valence-corrected chi connectivity index (χ3v) is 5.81. The van der Waals surface area contributed by atoms with Gasteiger partial charge in [0, 0.05) is 27.9 Å². The fraction of sp³-hybridized carbons (Fsp3) is 0.0714. The van der Waals surface area contributed by atoms with Crippen molar-refractivity contribution < 1.29 is 13.6 Å². The zero-order valence-electron chi connectivity index (χ0n) is 18.6. The van der Waals surface area contributed by atoms with Crippen molar-refractivity contribution in [1.82, 2.24) is 4.98 Å². The van der Waals surface area contributed by atoms with Crippen molar-refractivity contribution in [3.05, 3.63) is 101 Å². The predicted octanol–water partition coefficient (Wildman–Crippen LogP) is 7.68. The molecular weight excluding hydrogens is 448 g/mol. The molecule has 5 nitrogen and oxygen atoms in total. The van der Waals surface area contributed by atoms with Crippen molar-refractivity contribution >= 4 is 40.4 Å². The molecule has 1 N–H and O–H groups in total. The van der Waals surface area contributed by atoms with Gasteiger partial charge < -0.3 is 14.2 Å². The highest BCUT2D eigenvalue weighted by atomic mass is 35.5. The number of rotatable bonds is 5. The Kier molecular flexibility index (Phi) is 5.78. The van der Waals surface area contributed by atoms with Gasteiger partial charge in [-0.05, 0) is 74.0 Å². The zero-order chi connectivity index (χ0) is 23.7. The Hall–Kier alpha value is -4.09. The summed E-state index contributed by atoms with van der Waals surface area (Å²) >= 11 is 6.21. The first kappa shape index (κ1) is 21.7. The van der Waals surface area contributed by atoms with Gasteiger partial charge in [-0.3, -0.25) is 4.79 Å². The number of oxazole rings is 1. The number of hydrogen-bond acceptors (Lipinski definition) is 4. The van der Waals surface area contributed by atoms with Crippen LogP contribution >= 0.6 is 11.6 Å². The van der Waals surface area contributed by atoms with Gasteiger partial charge in [-0.1, -0.05) is 41.4 Å². The number of nitrogens with one attached hydrogen (secondary N) is 1. The van der Waals surface area contributed by atoms with E-state index in [1.807, 2.05) is 62.4 Å². The lowest BCUT2D eigenvalue weighted by molar-refractivity contribution is -0.111. The van der Waals surface area contributed by atoms with Gasteiger partial charge >= 0.3 is 0 Å². The van der Waals surface area contributed by atoms with E-state index < -0.39 is 0 Å². The molecule has 2 aromatic heterocycles. The molecule has 0 spiro atoms.